The van der Waals surface area contributed by atoms with Gasteiger partial charge in [0, 0.05) is 32.2 Å². The van der Waals surface area contributed by atoms with Crippen molar-refractivity contribution >= 4 is 9.84 Å². The van der Waals surface area contributed by atoms with Crippen molar-refractivity contribution in [3.63, 3.8) is 0 Å². The average Bonchev–Trinajstić information content (AvgIpc) is 2.17. The van der Waals surface area contributed by atoms with Crippen LogP contribution in [0.2, 0.25) is 0 Å². The van der Waals surface area contributed by atoms with Crippen molar-refractivity contribution in [2.75, 3.05) is 44.2 Å². The van der Waals surface area contributed by atoms with E-state index in [0.717, 1.165) is 32.1 Å². The second-order valence-corrected chi connectivity index (χ2v) is 8.09. The Morgan fingerprint density at radius 2 is 1.76 bits per heavy atom. The minimum Gasteiger partial charge on any atom is -0.300 e. The summed E-state index contributed by atoms with van der Waals surface area (Å²) in [6, 6.07) is 0.609. The first-order valence-electron chi connectivity index (χ1n) is 6.63. The van der Waals surface area contributed by atoms with Crippen molar-refractivity contribution in [2.24, 2.45) is 5.92 Å². The molecule has 2 heterocycles. The molecule has 2 fully saturated rings. The molecule has 0 saturated carbocycles. The molecule has 0 atom stereocenters. The quantitative estimate of drug-likeness (QED) is 0.736. The lowest BCUT2D eigenvalue weighted by Gasteiger charge is -2.46. The highest BCUT2D eigenvalue weighted by Crippen LogP contribution is 2.18. The number of nitrogens with zero attached hydrogens (tertiary/aromatic N) is 2. The maximum atomic E-state index is 11.3. The monoisotopic (exact) mass is 260 g/mol. The van der Waals surface area contributed by atoms with Gasteiger partial charge < -0.3 is 4.90 Å². The normalized spacial score (nSPS) is 27.2. The van der Waals surface area contributed by atoms with Crippen molar-refractivity contribution < 1.29 is 8.42 Å². The van der Waals surface area contributed by atoms with Crippen LogP contribution in [0.25, 0.3) is 0 Å². The third-order valence-corrected chi connectivity index (χ3v) is 5.47. The second-order valence-electron chi connectivity index (χ2n) is 5.78. The van der Waals surface area contributed by atoms with E-state index in [1.54, 1.807) is 0 Å². The zero-order chi connectivity index (χ0) is 12.5. The highest BCUT2D eigenvalue weighted by atomic mass is 32.2. The highest BCUT2D eigenvalue weighted by molar-refractivity contribution is 7.91. The van der Waals surface area contributed by atoms with Crippen LogP contribution in [-0.2, 0) is 9.84 Å². The number of hydrogen-bond donors (Lipinski definition) is 0. The lowest BCUT2D eigenvalue weighted by molar-refractivity contribution is 0.0362. The summed E-state index contributed by atoms with van der Waals surface area (Å²) in [6.07, 6.45) is 1.26. The van der Waals surface area contributed by atoms with Gasteiger partial charge in [0.2, 0.25) is 0 Å². The average molecular weight is 260 g/mol. The summed E-state index contributed by atoms with van der Waals surface area (Å²) >= 11 is 0. The molecule has 2 aliphatic rings. The van der Waals surface area contributed by atoms with Crippen molar-refractivity contribution in [3.8, 4) is 0 Å². The Hall–Kier alpha value is -0.130. The SMILES string of the molecule is CC(C)CCN1CC(N2CCS(=O)(=O)CC2)C1. The van der Waals surface area contributed by atoms with Gasteiger partial charge in [-0.3, -0.25) is 4.90 Å². The number of hydrogen-bond acceptors (Lipinski definition) is 4. The van der Waals surface area contributed by atoms with Crippen molar-refractivity contribution in [1.82, 2.24) is 9.80 Å². The van der Waals surface area contributed by atoms with Crippen LogP contribution in [0.1, 0.15) is 20.3 Å². The van der Waals surface area contributed by atoms with Gasteiger partial charge in [-0.05, 0) is 18.9 Å². The Bertz CT molecular complexity index is 334. The van der Waals surface area contributed by atoms with Crippen LogP contribution < -0.4 is 0 Å². The zero-order valence-electron chi connectivity index (χ0n) is 10.9. The number of sulfone groups is 1. The molecule has 0 aromatic rings. The maximum Gasteiger partial charge on any atom is 0.152 e. The third kappa shape index (κ3) is 3.66. The van der Waals surface area contributed by atoms with Gasteiger partial charge >= 0.3 is 0 Å². The molecular formula is C12H24N2O2S. The number of rotatable bonds is 4. The molecule has 2 aliphatic heterocycles. The van der Waals surface area contributed by atoms with Crippen LogP contribution >= 0.6 is 0 Å². The van der Waals surface area contributed by atoms with Crippen LogP contribution in [-0.4, -0.2) is 68.5 Å². The van der Waals surface area contributed by atoms with Crippen LogP contribution in [0, 0.1) is 5.92 Å². The van der Waals surface area contributed by atoms with E-state index >= 15 is 0 Å². The molecule has 100 valence electrons. The van der Waals surface area contributed by atoms with E-state index in [1.165, 1.54) is 13.0 Å². The van der Waals surface area contributed by atoms with Crippen LogP contribution in [0.5, 0.6) is 0 Å². The molecule has 17 heavy (non-hydrogen) atoms. The summed E-state index contributed by atoms with van der Waals surface area (Å²) < 4.78 is 22.7. The van der Waals surface area contributed by atoms with Crippen molar-refractivity contribution in [3.05, 3.63) is 0 Å². The smallest absolute Gasteiger partial charge is 0.152 e. The molecule has 2 rings (SSSR count). The molecule has 0 N–H and O–H groups in total. The summed E-state index contributed by atoms with van der Waals surface area (Å²) in [5.41, 5.74) is 0. The zero-order valence-corrected chi connectivity index (χ0v) is 11.7. The summed E-state index contributed by atoms with van der Waals surface area (Å²) in [4.78, 5) is 4.83. The number of likely N-dealkylation sites (tertiary alicyclic amines) is 1. The molecule has 0 aromatic heterocycles. The Morgan fingerprint density at radius 1 is 1.18 bits per heavy atom. The maximum absolute atomic E-state index is 11.3. The Balaban J connectivity index is 1.67. The molecular weight excluding hydrogens is 236 g/mol. The molecule has 5 heteroatoms. The molecule has 4 nitrogen and oxygen atoms in total. The first-order valence-corrected chi connectivity index (χ1v) is 8.45. The Morgan fingerprint density at radius 3 is 2.29 bits per heavy atom. The molecule has 0 aromatic carbocycles. The van der Waals surface area contributed by atoms with E-state index in [2.05, 4.69) is 23.6 Å². The predicted octanol–water partition coefficient (Wildman–Crippen LogP) is 0.447. The fourth-order valence-electron chi connectivity index (χ4n) is 2.49. The minimum atomic E-state index is -2.72. The highest BCUT2D eigenvalue weighted by Gasteiger charge is 2.34. The lowest BCUT2D eigenvalue weighted by atomic mass is 10.0. The fourth-order valence-corrected chi connectivity index (χ4v) is 3.72. The largest absolute Gasteiger partial charge is 0.300 e. The van der Waals surface area contributed by atoms with Gasteiger partial charge in [0.15, 0.2) is 9.84 Å². The van der Waals surface area contributed by atoms with Gasteiger partial charge in [0.25, 0.3) is 0 Å². The van der Waals surface area contributed by atoms with Gasteiger partial charge in [0.05, 0.1) is 11.5 Å². The van der Waals surface area contributed by atoms with Gasteiger partial charge in [-0.15, -0.1) is 0 Å². The molecule has 0 unspecified atom stereocenters. The van der Waals surface area contributed by atoms with Gasteiger partial charge in [0.1, 0.15) is 0 Å². The van der Waals surface area contributed by atoms with Gasteiger partial charge in [-0.25, -0.2) is 8.42 Å². The molecule has 0 radical (unpaired) electrons. The van der Waals surface area contributed by atoms with Gasteiger partial charge in [-0.2, -0.15) is 0 Å². The second kappa shape index (κ2) is 5.24. The van der Waals surface area contributed by atoms with E-state index in [0.29, 0.717) is 17.5 Å². The van der Waals surface area contributed by atoms with Crippen LogP contribution in [0.4, 0.5) is 0 Å². The topological polar surface area (TPSA) is 40.6 Å². The fraction of sp³-hybridized carbons (Fsp3) is 1.00. The van der Waals surface area contributed by atoms with E-state index in [9.17, 15) is 8.42 Å². The van der Waals surface area contributed by atoms with Crippen molar-refractivity contribution in [1.29, 1.82) is 0 Å². The Labute approximate surface area is 105 Å². The summed E-state index contributed by atoms with van der Waals surface area (Å²) in [7, 11) is -2.72. The molecule has 0 bridgehead atoms. The van der Waals surface area contributed by atoms with E-state index < -0.39 is 9.84 Å². The van der Waals surface area contributed by atoms with Crippen LogP contribution in [0.15, 0.2) is 0 Å². The van der Waals surface area contributed by atoms with Crippen molar-refractivity contribution in [2.45, 2.75) is 26.3 Å². The summed E-state index contributed by atoms with van der Waals surface area (Å²) in [5.74, 6) is 1.49. The Kier molecular flexibility index (Phi) is 4.10. The minimum absolute atomic E-state index is 0.357. The summed E-state index contributed by atoms with van der Waals surface area (Å²) in [6.45, 7) is 9.45. The molecule has 2 saturated heterocycles. The standard InChI is InChI=1S/C12H24N2O2S/c1-11(2)3-4-13-9-12(10-13)14-5-7-17(15,16)8-6-14/h11-12H,3-10H2,1-2H3. The van der Waals surface area contributed by atoms with E-state index in [-0.39, 0.29) is 0 Å². The molecule has 0 aliphatic carbocycles. The van der Waals surface area contributed by atoms with E-state index in [4.69, 9.17) is 0 Å². The molecule has 0 amide bonds. The first-order chi connectivity index (χ1) is 7.96. The summed E-state index contributed by atoms with van der Waals surface area (Å²) in [5, 5.41) is 0. The lowest BCUT2D eigenvalue weighted by Crippen LogP contribution is -2.62. The predicted molar refractivity (Wildman–Crippen MR) is 69.9 cm³/mol. The van der Waals surface area contributed by atoms with Gasteiger partial charge in [-0.1, -0.05) is 13.8 Å². The molecule has 0 spiro atoms. The van der Waals surface area contributed by atoms with Crippen LogP contribution in [0.3, 0.4) is 0 Å². The van der Waals surface area contributed by atoms with E-state index in [1.807, 2.05) is 0 Å². The first kappa shape index (κ1) is 13.3. The third-order valence-electron chi connectivity index (χ3n) is 3.86.